The van der Waals surface area contributed by atoms with Crippen LogP contribution in [0.5, 0.6) is 0 Å². The Balaban J connectivity index is 1.50. The molecule has 5 rings (SSSR count). The molecule has 0 aliphatic carbocycles. The van der Waals surface area contributed by atoms with Crippen LogP contribution in [0, 0.1) is 12.7 Å². The molecule has 7 heteroatoms. The lowest BCUT2D eigenvalue weighted by Crippen LogP contribution is -2.03. The van der Waals surface area contributed by atoms with Gasteiger partial charge in [0.1, 0.15) is 17.5 Å². The number of nitrogens with two attached hydrogens (primary N) is 1. The highest BCUT2D eigenvalue weighted by atomic mass is 19.1. The predicted octanol–water partition coefficient (Wildman–Crippen LogP) is 3.85. The summed E-state index contributed by atoms with van der Waals surface area (Å²) in [6.07, 6.45) is 2.30. The number of nitrogens with one attached hydrogen (secondary N) is 2. The summed E-state index contributed by atoms with van der Waals surface area (Å²) in [5.74, 6) is 1.19. The summed E-state index contributed by atoms with van der Waals surface area (Å²) in [6.45, 7) is 1.92. The van der Waals surface area contributed by atoms with Gasteiger partial charge in [0.25, 0.3) is 0 Å². The number of fused-ring (bicyclic) bond motifs is 2. The van der Waals surface area contributed by atoms with Crippen molar-refractivity contribution in [3.05, 3.63) is 71.6 Å². The second-order valence-electron chi connectivity index (χ2n) is 6.66. The molecule has 0 saturated heterocycles. The highest BCUT2D eigenvalue weighted by Crippen LogP contribution is 2.25. The molecule has 27 heavy (non-hydrogen) atoms. The molecule has 4 N–H and O–H groups in total. The van der Waals surface area contributed by atoms with Gasteiger partial charge in [0.2, 0.25) is 0 Å². The van der Waals surface area contributed by atoms with Crippen LogP contribution in [0.15, 0.2) is 48.7 Å². The van der Waals surface area contributed by atoms with Gasteiger partial charge in [-0.3, -0.25) is 0 Å². The minimum atomic E-state index is -0.234. The average molecular weight is 360 g/mol. The number of aromatic nitrogens is 5. The molecule has 0 unspecified atom stereocenters. The van der Waals surface area contributed by atoms with E-state index in [-0.39, 0.29) is 5.82 Å². The number of aryl methyl sites for hydroxylation is 1. The third-order valence-corrected chi connectivity index (χ3v) is 4.76. The normalized spacial score (nSPS) is 11.6. The lowest BCUT2D eigenvalue weighted by Gasteiger charge is -2.05. The van der Waals surface area contributed by atoms with Gasteiger partial charge in [-0.2, -0.15) is 5.10 Å². The van der Waals surface area contributed by atoms with E-state index in [2.05, 4.69) is 20.1 Å². The second-order valence-corrected chi connectivity index (χ2v) is 6.66. The summed E-state index contributed by atoms with van der Waals surface area (Å²) in [6, 6.07) is 12.7. The van der Waals surface area contributed by atoms with Crippen molar-refractivity contribution in [2.24, 2.45) is 0 Å². The second kappa shape index (κ2) is 5.70. The van der Waals surface area contributed by atoms with E-state index >= 15 is 0 Å². The van der Waals surface area contributed by atoms with Gasteiger partial charge in [0.05, 0.1) is 22.9 Å². The van der Waals surface area contributed by atoms with Crippen LogP contribution >= 0.6 is 0 Å². The van der Waals surface area contributed by atoms with E-state index < -0.39 is 0 Å². The Bertz CT molecular complexity index is 1290. The van der Waals surface area contributed by atoms with Crippen LogP contribution in [0.3, 0.4) is 0 Å². The average Bonchev–Trinajstić information content (AvgIpc) is 3.32. The van der Waals surface area contributed by atoms with Gasteiger partial charge >= 0.3 is 0 Å². The number of hydrogen-bond acceptors (Lipinski definition) is 3. The lowest BCUT2D eigenvalue weighted by molar-refractivity contribution is 0.640. The fourth-order valence-corrected chi connectivity index (χ4v) is 3.47. The van der Waals surface area contributed by atoms with Gasteiger partial charge in [-0.25, -0.2) is 14.1 Å². The zero-order valence-corrected chi connectivity index (χ0v) is 14.6. The largest absolute Gasteiger partial charge is 0.383 e. The summed E-state index contributed by atoms with van der Waals surface area (Å²) < 4.78 is 15.6. The smallest absolute Gasteiger partial charge is 0.132 e. The first-order valence-corrected chi connectivity index (χ1v) is 8.64. The van der Waals surface area contributed by atoms with Crippen LogP contribution in [0.4, 0.5) is 10.2 Å². The van der Waals surface area contributed by atoms with Gasteiger partial charge < -0.3 is 15.7 Å². The molecule has 0 fully saturated rings. The predicted molar refractivity (Wildman–Crippen MR) is 103 cm³/mol. The maximum absolute atomic E-state index is 13.9. The molecule has 0 bridgehead atoms. The number of rotatable bonds is 3. The first kappa shape index (κ1) is 15.6. The first-order chi connectivity index (χ1) is 13.1. The molecule has 0 spiro atoms. The molecule has 5 aromatic rings. The highest BCUT2D eigenvalue weighted by molar-refractivity contribution is 5.81. The van der Waals surface area contributed by atoms with Crippen molar-refractivity contribution in [1.29, 1.82) is 0 Å². The summed E-state index contributed by atoms with van der Waals surface area (Å²) in [7, 11) is 0. The van der Waals surface area contributed by atoms with Crippen molar-refractivity contribution in [1.82, 2.24) is 24.7 Å². The number of aromatic amines is 2. The van der Waals surface area contributed by atoms with Crippen molar-refractivity contribution in [2.45, 2.75) is 13.3 Å². The van der Waals surface area contributed by atoms with Gasteiger partial charge in [-0.1, -0.05) is 6.07 Å². The molecule has 0 aliphatic heterocycles. The van der Waals surface area contributed by atoms with Crippen molar-refractivity contribution in [3.63, 3.8) is 0 Å². The number of benzene rings is 2. The van der Waals surface area contributed by atoms with Crippen LogP contribution in [-0.4, -0.2) is 24.7 Å². The topological polar surface area (TPSA) is 88.3 Å². The van der Waals surface area contributed by atoms with Crippen molar-refractivity contribution >= 4 is 27.8 Å². The quantitative estimate of drug-likeness (QED) is 0.457. The molecule has 2 aromatic carbocycles. The fourth-order valence-electron chi connectivity index (χ4n) is 3.47. The van der Waals surface area contributed by atoms with E-state index in [9.17, 15) is 4.39 Å². The monoisotopic (exact) mass is 360 g/mol. The summed E-state index contributed by atoms with van der Waals surface area (Å²) in [5.41, 5.74) is 11.6. The zero-order valence-electron chi connectivity index (χ0n) is 14.6. The van der Waals surface area contributed by atoms with Crippen LogP contribution in [0.2, 0.25) is 0 Å². The highest BCUT2D eigenvalue weighted by Gasteiger charge is 2.13. The Labute approximate surface area is 153 Å². The Morgan fingerprint density at radius 2 is 2.00 bits per heavy atom. The van der Waals surface area contributed by atoms with E-state index in [0.29, 0.717) is 17.6 Å². The molecule has 0 radical (unpaired) electrons. The third kappa shape index (κ3) is 2.55. The number of halogens is 1. The minimum absolute atomic E-state index is 0.234. The Hall–Kier alpha value is -3.61. The standard InChI is InChI=1S/C20H17FN6/c1-11-24-18-6-5-14(9-19(18)25-11)27-20(22)12(10-23-27)7-13-8-15-16(21)3-2-4-17(15)26-13/h2-6,8-10,26H,7,22H2,1H3,(H,24,25). The van der Waals surface area contributed by atoms with Crippen LogP contribution in [0.25, 0.3) is 27.6 Å². The molecule has 0 atom stereocenters. The van der Waals surface area contributed by atoms with Crippen LogP contribution in [0.1, 0.15) is 17.1 Å². The van der Waals surface area contributed by atoms with Gasteiger partial charge in [0, 0.05) is 28.6 Å². The Kier molecular flexibility index (Phi) is 3.30. The molecule has 0 amide bonds. The van der Waals surface area contributed by atoms with Crippen LogP contribution < -0.4 is 5.73 Å². The Morgan fingerprint density at radius 1 is 1.11 bits per heavy atom. The number of imidazole rings is 1. The van der Waals surface area contributed by atoms with E-state index in [4.69, 9.17) is 5.73 Å². The van der Waals surface area contributed by atoms with E-state index in [0.717, 1.165) is 39.3 Å². The van der Waals surface area contributed by atoms with E-state index in [1.165, 1.54) is 6.07 Å². The first-order valence-electron chi connectivity index (χ1n) is 8.64. The van der Waals surface area contributed by atoms with Crippen molar-refractivity contribution < 1.29 is 4.39 Å². The van der Waals surface area contributed by atoms with Crippen molar-refractivity contribution in [3.8, 4) is 5.69 Å². The third-order valence-electron chi connectivity index (χ3n) is 4.76. The maximum Gasteiger partial charge on any atom is 0.132 e. The molecular formula is C20H17FN6. The summed E-state index contributed by atoms with van der Waals surface area (Å²) >= 11 is 0. The van der Waals surface area contributed by atoms with Crippen molar-refractivity contribution in [2.75, 3.05) is 5.73 Å². The molecule has 3 heterocycles. The van der Waals surface area contributed by atoms with Crippen LogP contribution in [-0.2, 0) is 6.42 Å². The number of hydrogen-bond donors (Lipinski definition) is 3. The molecular weight excluding hydrogens is 343 g/mol. The van der Waals surface area contributed by atoms with E-state index in [1.54, 1.807) is 16.9 Å². The summed E-state index contributed by atoms with van der Waals surface area (Å²) in [5, 5.41) is 5.02. The number of H-pyrrole nitrogens is 2. The zero-order chi connectivity index (χ0) is 18.5. The molecule has 6 nitrogen and oxygen atoms in total. The van der Waals surface area contributed by atoms with Gasteiger partial charge in [-0.15, -0.1) is 0 Å². The van der Waals surface area contributed by atoms with Gasteiger partial charge in [-0.05, 0) is 43.3 Å². The number of anilines is 1. The SMILES string of the molecule is Cc1nc2ccc(-n3ncc(Cc4cc5c(F)cccc5[nH]4)c3N)cc2[nH]1. The fraction of sp³-hybridized carbons (Fsp3) is 0.100. The van der Waals surface area contributed by atoms with Gasteiger partial charge in [0.15, 0.2) is 0 Å². The molecule has 0 aliphatic rings. The lowest BCUT2D eigenvalue weighted by atomic mass is 10.1. The molecule has 0 saturated carbocycles. The molecule has 3 aromatic heterocycles. The molecule has 134 valence electrons. The van der Waals surface area contributed by atoms with E-state index in [1.807, 2.05) is 37.3 Å². The summed E-state index contributed by atoms with van der Waals surface area (Å²) in [4.78, 5) is 10.9. The Morgan fingerprint density at radius 3 is 2.85 bits per heavy atom. The maximum atomic E-state index is 13.9. The minimum Gasteiger partial charge on any atom is -0.383 e. The number of nitrogens with zero attached hydrogens (tertiary/aromatic N) is 3. The number of nitrogen functional groups attached to an aromatic ring is 1.